The molecule has 0 aliphatic rings. The van der Waals surface area contributed by atoms with Gasteiger partial charge in [-0.2, -0.15) is 0 Å². The monoisotopic (exact) mass is 622 g/mol. The quantitative estimate of drug-likeness (QED) is 0.179. The highest BCUT2D eigenvalue weighted by Crippen LogP contribution is 2.46. The fourth-order valence-corrected chi connectivity index (χ4v) is 7.99. The van der Waals surface area contributed by atoms with Crippen molar-refractivity contribution in [1.29, 1.82) is 0 Å². The van der Waals surface area contributed by atoms with Crippen LogP contribution in [0.4, 0.5) is 0 Å². The van der Waals surface area contributed by atoms with Gasteiger partial charge in [-0.1, -0.05) is 140 Å². The van der Waals surface area contributed by atoms with Gasteiger partial charge in [-0.25, -0.2) is 0 Å². The maximum absolute atomic E-state index is 4.53. The molecule has 49 heavy (non-hydrogen) atoms. The van der Waals surface area contributed by atoms with E-state index in [4.69, 9.17) is 0 Å². The molecule has 10 rings (SSSR count). The molecule has 2 heteroatoms. The molecule has 0 N–H and O–H groups in total. The number of para-hydroxylation sites is 1. The summed E-state index contributed by atoms with van der Waals surface area (Å²) >= 11 is 0. The van der Waals surface area contributed by atoms with Gasteiger partial charge in [0.1, 0.15) is 0 Å². The van der Waals surface area contributed by atoms with Crippen molar-refractivity contribution in [1.82, 2.24) is 9.55 Å². The zero-order valence-electron chi connectivity index (χ0n) is 26.7. The summed E-state index contributed by atoms with van der Waals surface area (Å²) in [4.78, 5) is 4.53. The first-order valence-corrected chi connectivity index (χ1v) is 16.8. The Labute approximate surface area is 284 Å². The smallest absolute Gasteiger partial charge is 0.0571 e. The standard InChI is InChI=1S/C47H30N2/c1-3-13-31(14-4-1)46-37-19-9-11-21-39(37)47(40-22-12-10-20-38(40)46)41-25-24-34(35-17-7-8-18-36(35)41)32-23-26-44-42(29-32)43-30-48-28-27-45(43)49(44)33-15-5-2-6-16-33/h1-30H. The number of pyridine rings is 1. The van der Waals surface area contributed by atoms with Gasteiger partial charge in [0.25, 0.3) is 0 Å². The second kappa shape index (κ2) is 11.0. The molecule has 0 aliphatic heterocycles. The molecule has 0 saturated heterocycles. The van der Waals surface area contributed by atoms with Gasteiger partial charge >= 0.3 is 0 Å². The Morgan fingerprint density at radius 2 is 0.878 bits per heavy atom. The molecule has 0 bridgehead atoms. The normalized spacial score (nSPS) is 11.7. The molecule has 0 spiro atoms. The number of hydrogen-bond donors (Lipinski definition) is 0. The lowest BCUT2D eigenvalue weighted by molar-refractivity contribution is 1.17. The van der Waals surface area contributed by atoms with E-state index in [9.17, 15) is 0 Å². The number of rotatable bonds is 4. The highest BCUT2D eigenvalue weighted by atomic mass is 15.0. The van der Waals surface area contributed by atoms with E-state index in [-0.39, 0.29) is 0 Å². The Morgan fingerprint density at radius 1 is 0.347 bits per heavy atom. The third-order valence-corrected chi connectivity index (χ3v) is 10.1. The molecule has 0 unspecified atom stereocenters. The van der Waals surface area contributed by atoms with Crippen LogP contribution in [-0.4, -0.2) is 9.55 Å². The van der Waals surface area contributed by atoms with Gasteiger partial charge in [0.2, 0.25) is 0 Å². The van der Waals surface area contributed by atoms with Crippen molar-refractivity contribution in [2.24, 2.45) is 0 Å². The second-order valence-electron chi connectivity index (χ2n) is 12.7. The molecule has 0 saturated carbocycles. The van der Waals surface area contributed by atoms with Crippen LogP contribution in [0.15, 0.2) is 182 Å². The number of nitrogens with zero attached hydrogens (tertiary/aromatic N) is 2. The molecule has 0 aliphatic carbocycles. The van der Waals surface area contributed by atoms with Crippen molar-refractivity contribution < 1.29 is 0 Å². The summed E-state index contributed by atoms with van der Waals surface area (Å²) in [7, 11) is 0. The van der Waals surface area contributed by atoms with E-state index in [1.165, 1.54) is 76.6 Å². The molecule has 0 atom stereocenters. The van der Waals surface area contributed by atoms with E-state index in [0.717, 1.165) is 16.6 Å². The maximum atomic E-state index is 4.53. The van der Waals surface area contributed by atoms with Gasteiger partial charge in [0, 0.05) is 28.9 Å². The third kappa shape index (κ3) is 4.24. The zero-order valence-corrected chi connectivity index (χ0v) is 26.7. The van der Waals surface area contributed by atoms with Gasteiger partial charge in [0.15, 0.2) is 0 Å². The second-order valence-corrected chi connectivity index (χ2v) is 12.7. The first kappa shape index (κ1) is 27.6. The van der Waals surface area contributed by atoms with Crippen LogP contribution < -0.4 is 0 Å². The minimum atomic E-state index is 1.15. The Balaban J connectivity index is 1.23. The van der Waals surface area contributed by atoms with E-state index < -0.39 is 0 Å². The average molecular weight is 623 g/mol. The number of aromatic nitrogens is 2. The van der Waals surface area contributed by atoms with Crippen LogP contribution in [0, 0.1) is 0 Å². The van der Waals surface area contributed by atoms with Crippen molar-refractivity contribution in [2.75, 3.05) is 0 Å². The summed E-state index contributed by atoms with van der Waals surface area (Å²) in [6.45, 7) is 0. The van der Waals surface area contributed by atoms with Crippen LogP contribution in [-0.2, 0) is 0 Å². The van der Waals surface area contributed by atoms with Crippen LogP contribution in [0.2, 0.25) is 0 Å². The third-order valence-electron chi connectivity index (χ3n) is 10.1. The van der Waals surface area contributed by atoms with Crippen molar-refractivity contribution in [3.63, 3.8) is 0 Å². The van der Waals surface area contributed by atoms with Gasteiger partial charge in [-0.15, -0.1) is 0 Å². The summed E-state index contributed by atoms with van der Waals surface area (Å²) in [5.74, 6) is 0. The lowest BCUT2D eigenvalue weighted by Gasteiger charge is -2.19. The zero-order chi connectivity index (χ0) is 32.3. The SMILES string of the molecule is c1ccc(-c2c3ccccc3c(-c3ccc(-c4ccc5c(c4)c4cnccc4n5-c4ccccc4)c4ccccc34)c3ccccc23)cc1. The van der Waals surface area contributed by atoms with Crippen LogP contribution in [0.25, 0.3) is 93.2 Å². The van der Waals surface area contributed by atoms with Gasteiger partial charge < -0.3 is 4.57 Å². The Kier molecular flexibility index (Phi) is 6.22. The minimum absolute atomic E-state index is 1.15. The van der Waals surface area contributed by atoms with Gasteiger partial charge in [0.05, 0.1) is 11.0 Å². The van der Waals surface area contributed by atoms with Crippen LogP contribution >= 0.6 is 0 Å². The van der Waals surface area contributed by atoms with Crippen molar-refractivity contribution >= 4 is 54.1 Å². The van der Waals surface area contributed by atoms with Crippen LogP contribution in [0.3, 0.4) is 0 Å². The average Bonchev–Trinajstić information content (AvgIpc) is 3.51. The first-order valence-electron chi connectivity index (χ1n) is 16.8. The molecule has 0 radical (unpaired) electrons. The predicted molar refractivity (Wildman–Crippen MR) is 207 cm³/mol. The molecule has 2 aromatic heterocycles. The molecule has 0 fully saturated rings. The number of fused-ring (bicyclic) bond motifs is 6. The summed E-state index contributed by atoms with van der Waals surface area (Å²) in [6.07, 6.45) is 3.88. The van der Waals surface area contributed by atoms with E-state index in [2.05, 4.69) is 179 Å². The number of hydrogen-bond acceptors (Lipinski definition) is 1. The van der Waals surface area contributed by atoms with E-state index in [1.807, 2.05) is 12.4 Å². The Bertz CT molecular complexity index is 2810. The van der Waals surface area contributed by atoms with E-state index in [0.29, 0.717) is 0 Å². The summed E-state index contributed by atoms with van der Waals surface area (Å²) < 4.78 is 2.34. The molecular weight excluding hydrogens is 593 g/mol. The van der Waals surface area contributed by atoms with Crippen molar-refractivity contribution in [3.05, 3.63) is 182 Å². The van der Waals surface area contributed by atoms with E-state index in [1.54, 1.807) is 0 Å². The molecule has 228 valence electrons. The molecule has 0 amide bonds. The van der Waals surface area contributed by atoms with Crippen molar-refractivity contribution in [2.45, 2.75) is 0 Å². The number of benzene rings is 8. The minimum Gasteiger partial charge on any atom is -0.309 e. The van der Waals surface area contributed by atoms with Crippen molar-refractivity contribution in [3.8, 4) is 39.1 Å². The maximum Gasteiger partial charge on any atom is 0.0571 e. The summed E-state index contributed by atoms with van der Waals surface area (Å²) in [6, 6.07) is 61.7. The summed E-state index contributed by atoms with van der Waals surface area (Å²) in [5, 5.41) is 9.91. The molecule has 8 aromatic carbocycles. The highest BCUT2D eigenvalue weighted by molar-refractivity contribution is 6.24. The lowest BCUT2D eigenvalue weighted by atomic mass is 9.84. The molecule has 2 nitrogen and oxygen atoms in total. The van der Waals surface area contributed by atoms with Gasteiger partial charge in [-0.3, -0.25) is 4.98 Å². The molecular formula is C47H30N2. The molecule has 10 aromatic rings. The fraction of sp³-hybridized carbons (Fsp3) is 0. The molecule has 2 heterocycles. The van der Waals surface area contributed by atoms with E-state index >= 15 is 0 Å². The van der Waals surface area contributed by atoms with Crippen LogP contribution in [0.1, 0.15) is 0 Å². The predicted octanol–water partition coefficient (Wildman–Crippen LogP) is 12.6. The Hall–Kier alpha value is -6.51. The van der Waals surface area contributed by atoms with Crippen LogP contribution in [0.5, 0.6) is 0 Å². The largest absolute Gasteiger partial charge is 0.309 e. The fourth-order valence-electron chi connectivity index (χ4n) is 7.99. The Morgan fingerprint density at radius 3 is 1.55 bits per heavy atom. The summed E-state index contributed by atoms with van der Waals surface area (Å²) in [5.41, 5.74) is 10.9. The highest BCUT2D eigenvalue weighted by Gasteiger charge is 2.19. The first-order chi connectivity index (χ1) is 24.3. The van der Waals surface area contributed by atoms with Gasteiger partial charge in [-0.05, 0) is 96.0 Å². The topological polar surface area (TPSA) is 17.8 Å². The lowest BCUT2D eigenvalue weighted by Crippen LogP contribution is -1.93.